The maximum absolute atomic E-state index is 12.0. The molecular weight excluding hydrogens is 224 g/mol. The minimum Gasteiger partial charge on any atom is -0.339 e. The maximum atomic E-state index is 12.0. The number of amides is 1. The van der Waals surface area contributed by atoms with Gasteiger partial charge in [-0.1, -0.05) is 26.8 Å². The Bertz CT molecular complexity index is 256. The average Bonchev–Trinajstić information content (AvgIpc) is 2.29. The van der Waals surface area contributed by atoms with Gasteiger partial charge in [-0.15, -0.1) is 6.58 Å². The molecule has 0 aromatic heterocycles. The summed E-state index contributed by atoms with van der Waals surface area (Å²) in [5, 5.41) is 0. The lowest BCUT2D eigenvalue weighted by atomic mass is 9.76. The van der Waals surface area contributed by atoms with Crippen LogP contribution >= 0.6 is 0 Å². The third kappa shape index (κ3) is 6.20. The van der Waals surface area contributed by atoms with Crippen molar-refractivity contribution in [3.63, 3.8) is 0 Å². The fourth-order valence-electron chi connectivity index (χ4n) is 2.23. The minimum absolute atomic E-state index is 0.217. The van der Waals surface area contributed by atoms with Gasteiger partial charge in [0.25, 0.3) is 0 Å². The molecule has 18 heavy (non-hydrogen) atoms. The number of hydrogen-bond donors (Lipinski definition) is 1. The molecule has 0 saturated carbocycles. The van der Waals surface area contributed by atoms with Gasteiger partial charge in [0.15, 0.2) is 0 Å². The fraction of sp³-hybridized carbons (Fsp3) is 0.800. The van der Waals surface area contributed by atoms with Crippen LogP contribution in [0.15, 0.2) is 12.7 Å². The van der Waals surface area contributed by atoms with Crippen LogP contribution in [0.4, 0.5) is 0 Å². The van der Waals surface area contributed by atoms with Gasteiger partial charge in [-0.05, 0) is 37.6 Å². The molecule has 3 nitrogen and oxygen atoms in total. The van der Waals surface area contributed by atoms with Crippen LogP contribution in [0.1, 0.15) is 47.0 Å². The van der Waals surface area contributed by atoms with Crippen molar-refractivity contribution in [3.05, 3.63) is 12.7 Å². The molecule has 0 radical (unpaired) electrons. The second-order valence-electron chi connectivity index (χ2n) is 5.90. The molecule has 1 atom stereocenters. The van der Waals surface area contributed by atoms with Gasteiger partial charge in [0.1, 0.15) is 0 Å². The monoisotopic (exact) mass is 254 g/mol. The molecule has 2 N–H and O–H groups in total. The quantitative estimate of drug-likeness (QED) is 0.677. The lowest BCUT2D eigenvalue weighted by Gasteiger charge is -2.31. The van der Waals surface area contributed by atoms with E-state index in [2.05, 4.69) is 27.4 Å². The molecule has 0 aliphatic carbocycles. The highest BCUT2D eigenvalue weighted by molar-refractivity contribution is 5.76. The highest BCUT2D eigenvalue weighted by Gasteiger charge is 2.25. The molecule has 0 saturated heterocycles. The van der Waals surface area contributed by atoms with Gasteiger partial charge in [-0.25, -0.2) is 0 Å². The standard InChI is InChI=1S/C15H30N2O/c1-6-12-17(7-2)14(18)9-8-13(10-11-16)15(3,4)5/h6,13H,1,7-12,16H2,2-5H3. The Morgan fingerprint density at radius 1 is 1.39 bits per heavy atom. The van der Waals surface area contributed by atoms with Crippen LogP contribution in [0.2, 0.25) is 0 Å². The Kier molecular flexibility index (Phi) is 7.92. The number of hydrogen-bond acceptors (Lipinski definition) is 2. The molecule has 1 amide bonds. The number of carbonyl (C=O) groups excluding carboxylic acids is 1. The number of likely N-dealkylation sites (N-methyl/N-ethyl adjacent to an activating group) is 1. The normalized spacial score (nSPS) is 13.2. The molecule has 0 aromatic rings. The van der Waals surface area contributed by atoms with Crippen molar-refractivity contribution in [1.82, 2.24) is 4.90 Å². The SMILES string of the molecule is C=CCN(CC)C(=O)CCC(CCN)C(C)(C)C. The van der Waals surface area contributed by atoms with E-state index in [1.54, 1.807) is 6.08 Å². The Labute approximate surface area is 112 Å². The molecule has 0 aromatic carbocycles. The first-order valence-electron chi connectivity index (χ1n) is 6.95. The summed E-state index contributed by atoms with van der Waals surface area (Å²) in [5.41, 5.74) is 5.87. The predicted molar refractivity (Wildman–Crippen MR) is 78.3 cm³/mol. The van der Waals surface area contributed by atoms with Crippen molar-refractivity contribution < 1.29 is 4.79 Å². The second-order valence-corrected chi connectivity index (χ2v) is 5.90. The van der Waals surface area contributed by atoms with Gasteiger partial charge in [0.05, 0.1) is 0 Å². The van der Waals surface area contributed by atoms with E-state index in [1.165, 1.54) is 0 Å². The first-order chi connectivity index (χ1) is 8.36. The molecular formula is C15H30N2O. The summed E-state index contributed by atoms with van der Waals surface area (Å²) in [7, 11) is 0. The number of nitrogens with two attached hydrogens (primary N) is 1. The van der Waals surface area contributed by atoms with E-state index in [1.807, 2.05) is 11.8 Å². The molecule has 0 aliphatic heterocycles. The summed E-state index contributed by atoms with van der Waals surface area (Å²) in [6, 6.07) is 0. The van der Waals surface area contributed by atoms with Crippen molar-refractivity contribution in [3.8, 4) is 0 Å². The van der Waals surface area contributed by atoms with E-state index in [9.17, 15) is 4.79 Å². The van der Waals surface area contributed by atoms with Gasteiger partial charge in [-0.2, -0.15) is 0 Å². The summed E-state index contributed by atoms with van der Waals surface area (Å²) in [4.78, 5) is 13.9. The molecule has 0 bridgehead atoms. The van der Waals surface area contributed by atoms with Crippen molar-refractivity contribution in [1.29, 1.82) is 0 Å². The smallest absolute Gasteiger partial charge is 0.222 e. The maximum Gasteiger partial charge on any atom is 0.222 e. The zero-order chi connectivity index (χ0) is 14.2. The first-order valence-corrected chi connectivity index (χ1v) is 6.95. The Balaban J connectivity index is 4.33. The molecule has 0 rings (SSSR count). The predicted octanol–water partition coefficient (Wildman–Crippen LogP) is 2.81. The second kappa shape index (κ2) is 8.30. The van der Waals surface area contributed by atoms with Crippen LogP contribution < -0.4 is 5.73 Å². The number of nitrogens with zero attached hydrogens (tertiary/aromatic N) is 1. The van der Waals surface area contributed by atoms with Crippen molar-refractivity contribution >= 4 is 5.91 Å². The summed E-state index contributed by atoms with van der Waals surface area (Å²) in [5.74, 6) is 0.734. The van der Waals surface area contributed by atoms with Gasteiger partial charge in [-0.3, -0.25) is 4.79 Å². The first kappa shape index (κ1) is 17.2. The molecule has 106 valence electrons. The molecule has 1 unspecified atom stereocenters. The van der Waals surface area contributed by atoms with Crippen molar-refractivity contribution in [2.24, 2.45) is 17.1 Å². The van der Waals surface area contributed by atoms with Crippen LogP contribution in [-0.4, -0.2) is 30.4 Å². The van der Waals surface area contributed by atoms with Crippen molar-refractivity contribution in [2.45, 2.75) is 47.0 Å². The molecule has 0 aliphatic rings. The highest BCUT2D eigenvalue weighted by Crippen LogP contribution is 2.32. The van der Waals surface area contributed by atoms with Crippen LogP contribution in [0, 0.1) is 11.3 Å². The average molecular weight is 254 g/mol. The Morgan fingerprint density at radius 3 is 2.39 bits per heavy atom. The van der Waals surface area contributed by atoms with Crippen LogP contribution in [0.3, 0.4) is 0 Å². The van der Waals surface area contributed by atoms with Crippen molar-refractivity contribution in [2.75, 3.05) is 19.6 Å². The van der Waals surface area contributed by atoms with Crippen LogP contribution in [0.25, 0.3) is 0 Å². The summed E-state index contributed by atoms with van der Waals surface area (Å²) < 4.78 is 0. The highest BCUT2D eigenvalue weighted by atomic mass is 16.2. The van der Waals surface area contributed by atoms with Gasteiger partial charge in [0, 0.05) is 19.5 Å². The lowest BCUT2D eigenvalue weighted by Crippen LogP contribution is -2.32. The van der Waals surface area contributed by atoms with Gasteiger partial charge < -0.3 is 10.6 Å². The zero-order valence-electron chi connectivity index (χ0n) is 12.5. The number of carbonyl (C=O) groups is 1. The van der Waals surface area contributed by atoms with E-state index < -0.39 is 0 Å². The fourth-order valence-corrected chi connectivity index (χ4v) is 2.23. The van der Waals surface area contributed by atoms with Crippen LogP contribution in [0.5, 0.6) is 0 Å². The molecule has 0 heterocycles. The van der Waals surface area contributed by atoms with E-state index in [0.29, 0.717) is 25.4 Å². The van der Waals surface area contributed by atoms with Crippen LogP contribution in [-0.2, 0) is 4.79 Å². The molecule has 3 heteroatoms. The van der Waals surface area contributed by atoms with Gasteiger partial charge in [0.2, 0.25) is 5.91 Å². The third-order valence-corrected chi connectivity index (χ3v) is 3.53. The van der Waals surface area contributed by atoms with E-state index >= 15 is 0 Å². The summed E-state index contributed by atoms with van der Waals surface area (Å²) in [6.45, 7) is 14.4. The van der Waals surface area contributed by atoms with E-state index in [4.69, 9.17) is 5.73 Å². The van der Waals surface area contributed by atoms with E-state index in [-0.39, 0.29) is 11.3 Å². The summed E-state index contributed by atoms with van der Waals surface area (Å²) in [6.07, 6.45) is 4.31. The Morgan fingerprint density at radius 2 is 2.00 bits per heavy atom. The molecule has 0 fully saturated rings. The van der Waals surface area contributed by atoms with Gasteiger partial charge >= 0.3 is 0 Å². The lowest BCUT2D eigenvalue weighted by molar-refractivity contribution is -0.131. The number of rotatable bonds is 8. The Hall–Kier alpha value is -0.830. The topological polar surface area (TPSA) is 46.3 Å². The summed E-state index contributed by atoms with van der Waals surface area (Å²) >= 11 is 0. The minimum atomic E-state index is 0.217. The largest absolute Gasteiger partial charge is 0.339 e. The van der Waals surface area contributed by atoms with E-state index in [0.717, 1.165) is 19.4 Å². The zero-order valence-corrected chi connectivity index (χ0v) is 12.5. The molecule has 0 spiro atoms. The third-order valence-electron chi connectivity index (χ3n) is 3.53.